The Hall–Kier alpha value is -4.04. The second-order valence-electron chi connectivity index (χ2n) is 9.17. The summed E-state index contributed by atoms with van der Waals surface area (Å²) in [5.41, 5.74) is 5.55. The molecule has 0 aliphatic carbocycles. The van der Waals surface area contributed by atoms with Gasteiger partial charge in [0, 0.05) is 36.7 Å². The topological polar surface area (TPSA) is 62.2 Å². The van der Waals surface area contributed by atoms with Crippen molar-refractivity contribution >= 4 is 28.9 Å². The molecule has 0 radical (unpaired) electrons. The van der Waals surface area contributed by atoms with Crippen molar-refractivity contribution in [2.24, 2.45) is 0 Å². The summed E-state index contributed by atoms with van der Waals surface area (Å²) in [6.45, 7) is 4.56. The Labute approximate surface area is 221 Å². The first-order chi connectivity index (χ1) is 17.9. The Bertz CT molecular complexity index is 1440. The number of halogens is 1. The van der Waals surface area contributed by atoms with Gasteiger partial charge in [-0.25, -0.2) is 4.39 Å². The predicted octanol–water partition coefficient (Wildman–Crippen LogP) is 5.63. The van der Waals surface area contributed by atoms with E-state index >= 15 is 0 Å². The van der Waals surface area contributed by atoms with Crippen LogP contribution in [0.2, 0.25) is 0 Å². The minimum atomic E-state index is -0.464. The van der Waals surface area contributed by atoms with Gasteiger partial charge in [0.05, 0.1) is 23.5 Å². The van der Waals surface area contributed by atoms with Gasteiger partial charge < -0.3 is 20.1 Å². The third-order valence-electron chi connectivity index (χ3n) is 6.78. The maximum absolute atomic E-state index is 14.0. The average molecular weight is 514 g/mol. The zero-order valence-electron chi connectivity index (χ0n) is 20.7. The summed E-state index contributed by atoms with van der Waals surface area (Å²) >= 11 is 5.75. The highest BCUT2D eigenvalue weighted by Crippen LogP contribution is 2.39. The maximum Gasteiger partial charge on any atom is 0.226 e. The molecule has 1 fully saturated rings. The summed E-state index contributed by atoms with van der Waals surface area (Å²) < 4.78 is 16.2. The van der Waals surface area contributed by atoms with Gasteiger partial charge in [0.25, 0.3) is 0 Å². The molecule has 6 nitrogen and oxygen atoms in total. The fraction of sp³-hybridized carbons (Fsp3) is 0.207. The molecule has 37 heavy (non-hydrogen) atoms. The van der Waals surface area contributed by atoms with Crippen molar-refractivity contribution in [1.29, 1.82) is 0 Å². The normalized spacial score (nSPS) is 17.1. The average Bonchev–Trinajstić information content (AvgIpc) is 3.50. The molecule has 1 aliphatic rings. The summed E-state index contributed by atoms with van der Waals surface area (Å²) in [4.78, 5) is 19.4. The van der Waals surface area contributed by atoms with E-state index in [9.17, 15) is 9.18 Å². The molecular weight excluding hydrogens is 485 g/mol. The molecule has 1 aliphatic heterocycles. The van der Waals surface area contributed by atoms with Crippen molar-refractivity contribution in [2.45, 2.75) is 32.4 Å². The van der Waals surface area contributed by atoms with Crippen molar-refractivity contribution in [3.63, 3.8) is 0 Å². The van der Waals surface area contributed by atoms with Gasteiger partial charge >= 0.3 is 0 Å². The summed E-state index contributed by atoms with van der Waals surface area (Å²) in [6, 6.07) is 22.0. The number of nitrogens with zero attached hydrogens (tertiary/aromatic N) is 3. The number of aromatic nitrogens is 2. The molecule has 1 amide bonds. The second kappa shape index (κ2) is 10.5. The smallest absolute Gasteiger partial charge is 0.226 e. The number of hydrogen-bond acceptors (Lipinski definition) is 3. The van der Waals surface area contributed by atoms with Crippen molar-refractivity contribution in [2.75, 3.05) is 11.9 Å². The monoisotopic (exact) mass is 513 g/mol. The van der Waals surface area contributed by atoms with Crippen LogP contribution in [-0.2, 0) is 4.79 Å². The largest absolute Gasteiger partial charge is 0.352 e. The number of hydrogen-bond donors (Lipinski definition) is 2. The van der Waals surface area contributed by atoms with Crippen LogP contribution in [0.25, 0.3) is 5.69 Å². The predicted molar refractivity (Wildman–Crippen MR) is 147 cm³/mol. The van der Waals surface area contributed by atoms with Crippen LogP contribution in [0.15, 0.2) is 85.2 Å². The zero-order chi connectivity index (χ0) is 25.9. The van der Waals surface area contributed by atoms with Gasteiger partial charge in [-0.15, -0.1) is 0 Å². The van der Waals surface area contributed by atoms with Crippen molar-refractivity contribution in [3.8, 4) is 5.69 Å². The molecule has 188 valence electrons. The van der Waals surface area contributed by atoms with Crippen molar-refractivity contribution in [1.82, 2.24) is 19.8 Å². The number of carbonyl (C=O) groups excluding carboxylic acids is 1. The lowest BCUT2D eigenvalue weighted by Gasteiger charge is -2.29. The molecule has 0 bridgehead atoms. The number of aryl methyl sites for hydroxylation is 2. The van der Waals surface area contributed by atoms with Crippen LogP contribution in [0.5, 0.6) is 0 Å². The third-order valence-corrected chi connectivity index (χ3v) is 7.13. The van der Waals surface area contributed by atoms with Gasteiger partial charge in [0.2, 0.25) is 5.91 Å². The van der Waals surface area contributed by atoms with Crippen LogP contribution < -0.4 is 10.6 Å². The Morgan fingerprint density at radius 2 is 1.86 bits per heavy atom. The lowest BCUT2D eigenvalue weighted by molar-refractivity contribution is -0.116. The number of benzene rings is 2. The number of rotatable bonds is 7. The van der Waals surface area contributed by atoms with Gasteiger partial charge in [-0.05, 0) is 85.7 Å². The van der Waals surface area contributed by atoms with Crippen LogP contribution in [0.4, 0.5) is 10.1 Å². The number of carbonyl (C=O) groups is 1. The minimum absolute atomic E-state index is 0.145. The van der Waals surface area contributed by atoms with Gasteiger partial charge in [0.1, 0.15) is 5.82 Å². The van der Waals surface area contributed by atoms with Gasteiger partial charge in [0.15, 0.2) is 5.11 Å². The first-order valence-corrected chi connectivity index (χ1v) is 12.6. The highest BCUT2D eigenvalue weighted by molar-refractivity contribution is 7.80. The van der Waals surface area contributed by atoms with E-state index in [1.165, 1.54) is 17.2 Å². The first-order valence-electron chi connectivity index (χ1n) is 12.2. The Morgan fingerprint density at radius 3 is 2.62 bits per heavy atom. The first kappa shape index (κ1) is 24.6. The lowest BCUT2D eigenvalue weighted by atomic mass is 10.0. The molecule has 0 spiro atoms. The number of thiocarbonyl (C=S) groups is 1. The molecule has 3 heterocycles. The highest BCUT2D eigenvalue weighted by atomic mass is 32.1. The van der Waals surface area contributed by atoms with Crippen molar-refractivity contribution < 1.29 is 9.18 Å². The van der Waals surface area contributed by atoms with Crippen LogP contribution >= 0.6 is 12.2 Å². The molecule has 2 atom stereocenters. The highest BCUT2D eigenvalue weighted by Gasteiger charge is 2.41. The molecular formula is C29H28FN5OS. The fourth-order valence-corrected chi connectivity index (χ4v) is 5.04. The van der Waals surface area contributed by atoms with E-state index in [1.807, 2.05) is 35.4 Å². The molecule has 4 aromatic rings. The Morgan fingerprint density at radius 1 is 1.05 bits per heavy atom. The van der Waals surface area contributed by atoms with E-state index in [0.29, 0.717) is 11.7 Å². The van der Waals surface area contributed by atoms with E-state index < -0.39 is 5.82 Å². The minimum Gasteiger partial charge on any atom is -0.352 e. The Kier molecular flexibility index (Phi) is 7.01. The summed E-state index contributed by atoms with van der Waals surface area (Å²) in [5.74, 6) is -0.744. The number of nitrogens with one attached hydrogen (secondary N) is 2. The standard InChI is InChI=1S/C29H28FN5OS/c1-19-12-13-21(18-20(19)2)34-16-7-11-25(34)28-27(24-10-5-6-15-31-24)33-29(37)35(28)17-14-26(36)32-23-9-4-3-8-22(23)30/h3-13,15-16,18,27-28H,14,17H2,1-2H3,(H,32,36)(H,33,37). The third kappa shape index (κ3) is 5.11. The fourth-order valence-electron chi connectivity index (χ4n) is 4.71. The SMILES string of the molecule is Cc1ccc(-n2cccc2C2C(c3ccccn3)NC(=S)N2CCC(=O)Nc2ccccc2F)cc1C. The van der Waals surface area contributed by atoms with Crippen LogP contribution in [0.3, 0.4) is 0 Å². The quantitative estimate of drug-likeness (QED) is 0.314. The van der Waals surface area contributed by atoms with E-state index in [2.05, 4.69) is 58.3 Å². The molecule has 1 saturated heterocycles. The van der Waals surface area contributed by atoms with E-state index in [4.69, 9.17) is 12.2 Å². The molecule has 2 aromatic heterocycles. The van der Waals surface area contributed by atoms with Gasteiger partial charge in [-0.2, -0.15) is 0 Å². The number of anilines is 1. The summed E-state index contributed by atoms with van der Waals surface area (Å²) in [7, 11) is 0. The van der Waals surface area contributed by atoms with Crippen molar-refractivity contribution in [3.05, 3.63) is 114 Å². The maximum atomic E-state index is 14.0. The number of pyridine rings is 1. The van der Waals surface area contributed by atoms with Crippen LogP contribution in [0, 0.1) is 19.7 Å². The van der Waals surface area contributed by atoms with Gasteiger partial charge in [-0.1, -0.05) is 24.3 Å². The lowest BCUT2D eigenvalue weighted by Crippen LogP contribution is -2.33. The zero-order valence-corrected chi connectivity index (χ0v) is 21.5. The van der Waals surface area contributed by atoms with Crippen LogP contribution in [-0.4, -0.2) is 32.0 Å². The van der Waals surface area contributed by atoms with E-state index in [-0.39, 0.29) is 30.1 Å². The molecule has 2 N–H and O–H groups in total. The molecule has 0 saturated carbocycles. The molecule has 2 unspecified atom stereocenters. The summed E-state index contributed by atoms with van der Waals surface area (Å²) in [5, 5.41) is 6.65. The number of amides is 1. The summed E-state index contributed by atoms with van der Waals surface area (Å²) in [6.07, 6.45) is 3.95. The molecule has 5 rings (SSSR count). The Balaban J connectivity index is 1.46. The van der Waals surface area contributed by atoms with E-state index in [1.54, 1.807) is 24.4 Å². The van der Waals surface area contributed by atoms with Crippen LogP contribution in [0.1, 0.15) is 41.0 Å². The van der Waals surface area contributed by atoms with E-state index in [0.717, 1.165) is 17.1 Å². The van der Waals surface area contributed by atoms with Gasteiger partial charge in [-0.3, -0.25) is 9.78 Å². The number of para-hydroxylation sites is 1. The molecule has 2 aromatic carbocycles. The molecule has 8 heteroatoms. The second-order valence-corrected chi connectivity index (χ2v) is 9.56.